The minimum absolute atomic E-state index is 0.415. The highest BCUT2D eigenvalue weighted by molar-refractivity contribution is 6.30. The van der Waals surface area contributed by atoms with Crippen molar-refractivity contribution in [2.45, 2.75) is 31.4 Å². The van der Waals surface area contributed by atoms with Gasteiger partial charge in [0.15, 0.2) is 0 Å². The molecule has 1 saturated heterocycles. The number of hydrogen-bond donors (Lipinski definition) is 1. The Balaban J connectivity index is 1.91. The summed E-state index contributed by atoms with van der Waals surface area (Å²) in [6.07, 6.45) is 3.68. The fourth-order valence-corrected chi connectivity index (χ4v) is 2.37. The quantitative estimate of drug-likeness (QED) is 0.876. The molecule has 0 radical (unpaired) electrons. The molecule has 1 N–H and O–H groups in total. The molecule has 0 aliphatic carbocycles. The molecule has 1 heterocycles. The van der Waals surface area contributed by atoms with Gasteiger partial charge in [0, 0.05) is 18.2 Å². The van der Waals surface area contributed by atoms with Gasteiger partial charge in [0.2, 0.25) is 0 Å². The van der Waals surface area contributed by atoms with Crippen LogP contribution in [0.1, 0.15) is 18.4 Å². The summed E-state index contributed by atoms with van der Waals surface area (Å²) in [5.74, 6) is 0. The Labute approximate surface area is 102 Å². The third kappa shape index (κ3) is 3.21. The Bertz CT molecular complexity index is 325. The maximum Gasteiger partial charge on any atom is 0.0598 e. The van der Waals surface area contributed by atoms with Gasteiger partial charge in [-0.1, -0.05) is 23.7 Å². The van der Waals surface area contributed by atoms with Crippen LogP contribution >= 0.6 is 11.6 Å². The van der Waals surface area contributed by atoms with Gasteiger partial charge in [0.1, 0.15) is 0 Å². The molecule has 0 saturated carbocycles. The monoisotopic (exact) mass is 239 g/mol. The number of hydrogen-bond acceptors (Lipinski definition) is 2. The van der Waals surface area contributed by atoms with E-state index in [-0.39, 0.29) is 0 Å². The average molecular weight is 240 g/mol. The second-order valence-corrected chi connectivity index (χ2v) is 4.80. The standard InChI is InChI=1S/C13H18ClNO/c1-16-13-6-7-15-12(9-13)8-10-2-4-11(14)5-3-10/h2-5,12-13,15H,6-9H2,1H3/t12-,13?/m0/s1. The van der Waals surface area contributed by atoms with Crippen LogP contribution in [0, 0.1) is 0 Å². The van der Waals surface area contributed by atoms with Gasteiger partial charge >= 0.3 is 0 Å². The van der Waals surface area contributed by atoms with E-state index >= 15 is 0 Å². The number of piperidine rings is 1. The van der Waals surface area contributed by atoms with E-state index in [0.29, 0.717) is 12.1 Å². The molecule has 1 aliphatic rings. The molecule has 2 rings (SSSR count). The van der Waals surface area contributed by atoms with Crippen LogP contribution in [0.15, 0.2) is 24.3 Å². The van der Waals surface area contributed by atoms with Crippen molar-refractivity contribution >= 4 is 11.6 Å². The van der Waals surface area contributed by atoms with Crippen molar-refractivity contribution in [1.82, 2.24) is 5.32 Å². The van der Waals surface area contributed by atoms with Gasteiger partial charge in [0.05, 0.1) is 6.10 Å². The Morgan fingerprint density at radius 1 is 1.38 bits per heavy atom. The molecule has 16 heavy (non-hydrogen) atoms. The van der Waals surface area contributed by atoms with E-state index in [2.05, 4.69) is 17.4 Å². The van der Waals surface area contributed by atoms with Gasteiger partial charge in [-0.3, -0.25) is 0 Å². The number of methoxy groups -OCH3 is 1. The molecule has 88 valence electrons. The summed E-state index contributed by atoms with van der Waals surface area (Å²) in [7, 11) is 1.80. The summed E-state index contributed by atoms with van der Waals surface area (Å²) < 4.78 is 5.42. The highest BCUT2D eigenvalue weighted by Gasteiger charge is 2.20. The Morgan fingerprint density at radius 3 is 2.81 bits per heavy atom. The highest BCUT2D eigenvalue weighted by Crippen LogP contribution is 2.17. The van der Waals surface area contributed by atoms with Crippen molar-refractivity contribution in [1.29, 1.82) is 0 Å². The molecule has 1 unspecified atom stereocenters. The third-order valence-corrected chi connectivity index (χ3v) is 3.43. The fourth-order valence-electron chi connectivity index (χ4n) is 2.24. The SMILES string of the molecule is COC1CCN[C@@H](Cc2ccc(Cl)cc2)C1. The summed E-state index contributed by atoms with van der Waals surface area (Å²) in [4.78, 5) is 0. The smallest absolute Gasteiger partial charge is 0.0598 e. The van der Waals surface area contributed by atoms with Gasteiger partial charge in [0.25, 0.3) is 0 Å². The second-order valence-electron chi connectivity index (χ2n) is 4.36. The van der Waals surface area contributed by atoms with E-state index in [9.17, 15) is 0 Å². The van der Waals surface area contributed by atoms with Gasteiger partial charge < -0.3 is 10.1 Å². The first-order chi connectivity index (χ1) is 7.78. The van der Waals surface area contributed by atoms with Crippen molar-refractivity contribution in [3.63, 3.8) is 0 Å². The van der Waals surface area contributed by atoms with Crippen LogP contribution in [0.5, 0.6) is 0 Å². The first-order valence-corrected chi connectivity index (χ1v) is 6.16. The molecule has 0 bridgehead atoms. The highest BCUT2D eigenvalue weighted by atomic mass is 35.5. The van der Waals surface area contributed by atoms with Gasteiger partial charge in [-0.05, 0) is 43.5 Å². The number of benzene rings is 1. The van der Waals surface area contributed by atoms with Gasteiger partial charge in [-0.2, -0.15) is 0 Å². The molecular weight excluding hydrogens is 222 g/mol. The maximum atomic E-state index is 5.86. The number of nitrogens with one attached hydrogen (secondary N) is 1. The van der Waals surface area contributed by atoms with E-state index in [1.807, 2.05) is 12.1 Å². The fraction of sp³-hybridized carbons (Fsp3) is 0.538. The molecule has 3 heteroatoms. The minimum Gasteiger partial charge on any atom is -0.381 e. The molecular formula is C13H18ClNO. The topological polar surface area (TPSA) is 21.3 Å². The van der Waals surface area contributed by atoms with E-state index in [1.165, 1.54) is 5.56 Å². The lowest BCUT2D eigenvalue weighted by Gasteiger charge is -2.29. The van der Waals surface area contributed by atoms with Crippen LogP contribution < -0.4 is 5.32 Å². The average Bonchev–Trinajstić information content (AvgIpc) is 2.32. The van der Waals surface area contributed by atoms with Crippen LogP contribution in [-0.2, 0) is 11.2 Å². The lowest BCUT2D eigenvalue weighted by molar-refractivity contribution is 0.0621. The second kappa shape index (κ2) is 5.67. The minimum atomic E-state index is 0.415. The number of rotatable bonds is 3. The summed E-state index contributed by atoms with van der Waals surface area (Å²) in [6, 6.07) is 8.63. The first kappa shape index (κ1) is 11.9. The van der Waals surface area contributed by atoms with E-state index in [4.69, 9.17) is 16.3 Å². The molecule has 0 amide bonds. The number of ether oxygens (including phenoxy) is 1. The van der Waals surface area contributed by atoms with E-state index in [1.54, 1.807) is 7.11 Å². The normalized spacial score (nSPS) is 25.6. The van der Waals surface area contributed by atoms with Crippen molar-refractivity contribution < 1.29 is 4.74 Å². The Kier molecular flexibility index (Phi) is 4.22. The van der Waals surface area contributed by atoms with Crippen LogP contribution in [0.2, 0.25) is 5.02 Å². The lowest BCUT2D eigenvalue weighted by atomic mass is 9.96. The lowest BCUT2D eigenvalue weighted by Crippen LogP contribution is -2.42. The van der Waals surface area contributed by atoms with Crippen LogP contribution in [0.4, 0.5) is 0 Å². The zero-order chi connectivity index (χ0) is 11.4. The zero-order valence-corrected chi connectivity index (χ0v) is 10.3. The van der Waals surface area contributed by atoms with Crippen LogP contribution in [-0.4, -0.2) is 25.8 Å². The summed E-state index contributed by atoms with van der Waals surface area (Å²) in [6.45, 7) is 1.05. The molecule has 2 nitrogen and oxygen atoms in total. The van der Waals surface area contributed by atoms with Crippen LogP contribution in [0.3, 0.4) is 0 Å². The molecule has 1 aliphatic heterocycles. The summed E-state index contributed by atoms with van der Waals surface area (Å²) >= 11 is 5.86. The van der Waals surface area contributed by atoms with E-state index < -0.39 is 0 Å². The Hall–Kier alpha value is -0.570. The Morgan fingerprint density at radius 2 is 2.12 bits per heavy atom. The number of halogens is 1. The molecule has 0 aromatic heterocycles. The third-order valence-electron chi connectivity index (χ3n) is 3.18. The van der Waals surface area contributed by atoms with Crippen molar-refractivity contribution in [2.75, 3.05) is 13.7 Å². The molecule has 1 aromatic rings. The van der Waals surface area contributed by atoms with Crippen LogP contribution in [0.25, 0.3) is 0 Å². The van der Waals surface area contributed by atoms with E-state index in [0.717, 1.165) is 30.8 Å². The maximum absolute atomic E-state index is 5.86. The molecule has 1 fully saturated rings. The molecule has 1 aromatic carbocycles. The molecule has 2 atom stereocenters. The van der Waals surface area contributed by atoms with Gasteiger partial charge in [-0.25, -0.2) is 0 Å². The van der Waals surface area contributed by atoms with Crippen molar-refractivity contribution in [2.24, 2.45) is 0 Å². The molecule has 0 spiro atoms. The van der Waals surface area contributed by atoms with Crippen molar-refractivity contribution in [3.8, 4) is 0 Å². The van der Waals surface area contributed by atoms with Gasteiger partial charge in [-0.15, -0.1) is 0 Å². The predicted octanol–water partition coefficient (Wildman–Crippen LogP) is 2.65. The first-order valence-electron chi connectivity index (χ1n) is 5.78. The summed E-state index contributed by atoms with van der Waals surface area (Å²) in [5, 5.41) is 4.33. The summed E-state index contributed by atoms with van der Waals surface area (Å²) in [5.41, 5.74) is 1.33. The predicted molar refractivity (Wildman–Crippen MR) is 67.0 cm³/mol. The largest absolute Gasteiger partial charge is 0.381 e. The van der Waals surface area contributed by atoms with Crippen molar-refractivity contribution in [3.05, 3.63) is 34.9 Å². The zero-order valence-electron chi connectivity index (χ0n) is 9.58.